The maximum atomic E-state index is 13.7. The Morgan fingerprint density at radius 2 is 2.00 bits per heavy atom. The minimum absolute atomic E-state index is 0.131. The number of nitrogens with zero attached hydrogens (tertiary/aromatic N) is 4. The molecule has 0 aliphatic heterocycles. The minimum Gasteiger partial charge on any atom is -0.483 e. The zero-order chi connectivity index (χ0) is 17.5. The molecule has 2 aromatic heterocycles. The molecular formula is C18H17FN4OS. The molecule has 0 unspecified atom stereocenters. The summed E-state index contributed by atoms with van der Waals surface area (Å²) >= 11 is 1.54. The first-order valence-corrected chi connectivity index (χ1v) is 8.69. The third-order valence-electron chi connectivity index (χ3n) is 3.37. The van der Waals surface area contributed by atoms with E-state index in [1.165, 1.54) is 17.8 Å². The first kappa shape index (κ1) is 17.2. The Kier molecular flexibility index (Phi) is 5.79. The number of aromatic nitrogens is 4. The lowest BCUT2D eigenvalue weighted by atomic mass is 10.3. The van der Waals surface area contributed by atoms with Crippen molar-refractivity contribution in [3.05, 3.63) is 78.7 Å². The van der Waals surface area contributed by atoms with Crippen molar-refractivity contribution < 1.29 is 9.13 Å². The standard InChI is InChI=1S/C18H17FN4OS/c1-2-11-23-17(12-24-16-9-4-3-8-15(16)19)21-22-18(23)25-13-14-7-5-6-10-20-14/h2-10H,1,11-13H2. The van der Waals surface area contributed by atoms with Gasteiger partial charge >= 0.3 is 0 Å². The van der Waals surface area contributed by atoms with Gasteiger partial charge in [-0.05, 0) is 24.3 Å². The van der Waals surface area contributed by atoms with Gasteiger partial charge in [0.2, 0.25) is 0 Å². The van der Waals surface area contributed by atoms with Crippen LogP contribution >= 0.6 is 11.8 Å². The Labute approximate surface area is 149 Å². The lowest BCUT2D eigenvalue weighted by Gasteiger charge is -2.09. The summed E-state index contributed by atoms with van der Waals surface area (Å²) in [4.78, 5) is 4.30. The van der Waals surface area contributed by atoms with Crippen molar-refractivity contribution >= 4 is 11.8 Å². The van der Waals surface area contributed by atoms with Crippen molar-refractivity contribution in [2.24, 2.45) is 0 Å². The van der Waals surface area contributed by atoms with E-state index in [4.69, 9.17) is 4.74 Å². The largest absolute Gasteiger partial charge is 0.483 e. The number of para-hydroxylation sites is 1. The van der Waals surface area contributed by atoms with E-state index in [2.05, 4.69) is 21.8 Å². The van der Waals surface area contributed by atoms with Crippen LogP contribution in [0.5, 0.6) is 5.75 Å². The monoisotopic (exact) mass is 356 g/mol. The van der Waals surface area contributed by atoms with Gasteiger partial charge in [-0.25, -0.2) is 4.39 Å². The Bertz CT molecular complexity index is 838. The van der Waals surface area contributed by atoms with Crippen molar-refractivity contribution in [3.63, 3.8) is 0 Å². The molecule has 0 aliphatic rings. The maximum absolute atomic E-state index is 13.7. The zero-order valence-corrected chi connectivity index (χ0v) is 14.3. The highest BCUT2D eigenvalue weighted by Crippen LogP contribution is 2.22. The predicted molar refractivity (Wildman–Crippen MR) is 94.7 cm³/mol. The van der Waals surface area contributed by atoms with Gasteiger partial charge in [0.1, 0.15) is 6.61 Å². The highest BCUT2D eigenvalue weighted by atomic mass is 32.2. The van der Waals surface area contributed by atoms with Gasteiger partial charge in [0, 0.05) is 18.5 Å². The van der Waals surface area contributed by atoms with E-state index >= 15 is 0 Å². The van der Waals surface area contributed by atoms with Crippen molar-refractivity contribution in [1.82, 2.24) is 19.7 Å². The van der Waals surface area contributed by atoms with Crippen molar-refractivity contribution in [2.75, 3.05) is 0 Å². The van der Waals surface area contributed by atoms with E-state index in [0.717, 1.165) is 10.9 Å². The summed E-state index contributed by atoms with van der Waals surface area (Å²) in [6.45, 7) is 4.45. The number of hydrogen-bond donors (Lipinski definition) is 0. The van der Waals surface area contributed by atoms with Crippen molar-refractivity contribution in [1.29, 1.82) is 0 Å². The molecule has 3 rings (SSSR count). The molecule has 2 heterocycles. The molecule has 5 nitrogen and oxygen atoms in total. The number of halogens is 1. The smallest absolute Gasteiger partial charge is 0.191 e. The lowest BCUT2D eigenvalue weighted by Crippen LogP contribution is -2.08. The average molecular weight is 356 g/mol. The molecule has 0 aliphatic carbocycles. The van der Waals surface area contributed by atoms with Gasteiger partial charge in [0.25, 0.3) is 0 Å². The van der Waals surface area contributed by atoms with Gasteiger partial charge in [-0.3, -0.25) is 9.55 Å². The molecule has 0 radical (unpaired) electrons. The summed E-state index contributed by atoms with van der Waals surface area (Å²) in [6.07, 6.45) is 3.53. The Morgan fingerprint density at radius 3 is 2.76 bits per heavy atom. The van der Waals surface area contributed by atoms with Crippen LogP contribution in [0, 0.1) is 5.82 Å². The Hall–Kier alpha value is -2.67. The summed E-state index contributed by atoms with van der Waals surface area (Å²) in [6, 6.07) is 12.1. The van der Waals surface area contributed by atoms with Crippen LogP contribution in [-0.4, -0.2) is 19.7 Å². The fourth-order valence-corrected chi connectivity index (χ4v) is 3.05. The maximum Gasteiger partial charge on any atom is 0.191 e. The summed E-state index contributed by atoms with van der Waals surface area (Å²) in [5.41, 5.74) is 0.963. The molecule has 3 aromatic rings. The van der Waals surface area contributed by atoms with Gasteiger partial charge in [0.15, 0.2) is 22.5 Å². The summed E-state index contributed by atoms with van der Waals surface area (Å²) in [7, 11) is 0. The molecule has 1 aromatic carbocycles. The van der Waals surface area contributed by atoms with Crippen LogP contribution in [0.1, 0.15) is 11.5 Å². The van der Waals surface area contributed by atoms with E-state index in [0.29, 0.717) is 18.1 Å². The SMILES string of the molecule is C=CCn1c(COc2ccccc2F)nnc1SCc1ccccn1. The van der Waals surface area contributed by atoms with E-state index in [9.17, 15) is 4.39 Å². The number of pyridine rings is 1. The van der Waals surface area contributed by atoms with E-state index in [1.807, 2.05) is 22.8 Å². The molecule has 0 saturated carbocycles. The van der Waals surface area contributed by atoms with Gasteiger partial charge in [-0.1, -0.05) is 36.0 Å². The zero-order valence-electron chi connectivity index (χ0n) is 13.5. The van der Waals surface area contributed by atoms with Crippen LogP contribution in [0.4, 0.5) is 4.39 Å². The Balaban J connectivity index is 1.70. The van der Waals surface area contributed by atoms with Gasteiger partial charge in [0.05, 0.1) is 5.69 Å². The van der Waals surface area contributed by atoms with Crippen LogP contribution in [0.15, 0.2) is 66.5 Å². The summed E-state index contributed by atoms with van der Waals surface area (Å²) in [5.74, 6) is 1.09. The second-order valence-electron chi connectivity index (χ2n) is 5.13. The van der Waals surface area contributed by atoms with E-state index in [1.54, 1.807) is 30.5 Å². The number of thioether (sulfide) groups is 1. The van der Waals surface area contributed by atoms with Gasteiger partial charge in [-0.15, -0.1) is 16.8 Å². The second kappa shape index (κ2) is 8.43. The fourth-order valence-electron chi connectivity index (χ4n) is 2.17. The normalized spacial score (nSPS) is 10.6. The number of benzene rings is 1. The number of rotatable bonds is 8. The Morgan fingerprint density at radius 1 is 1.16 bits per heavy atom. The van der Waals surface area contributed by atoms with E-state index < -0.39 is 5.82 Å². The quantitative estimate of drug-likeness (QED) is 0.453. The molecule has 0 fully saturated rings. The van der Waals surface area contributed by atoms with Crippen LogP contribution in [0.25, 0.3) is 0 Å². The first-order valence-electron chi connectivity index (χ1n) is 7.71. The first-order chi connectivity index (χ1) is 12.3. The van der Waals surface area contributed by atoms with Gasteiger partial charge < -0.3 is 4.74 Å². The van der Waals surface area contributed by atoms with Crippen LogP contribution < -0.4 is 4.74 Å². The minimum atomic E-state index is -0.401. The highest BCUT2D eigenvalue weighted by Gasteiger charge is 2.13. The predicted octanol–water partition coefficient (Wildman–Crippen LogP) is 3.87. The summed E-state index contributed by atoms with van der Waals surface area (Å²) in [5, 5.41) is 9.13. The molecule has 7 heteroatoms. The highest BCUT2D eigenvalue weighted by molar-refractivity contribution is 7.98. The van der Waals surface area contributed by atoms with Crippen LogP contribution in [0.2, 0.25) is 0 Å². The van der Waals surface area contributed by atoms with Crippen molar-refractivity contribution in [2.45, 2.75) is 24.1 Å². The average Bonchev–Trinajstić information content (AvgIpc) is 3.02. The second-order valence-corrected chi connectivity index (χ2v) is 6.07. The molecule has 0 atom stereocenters. The number of allylic oxidation sites excluding steroid dienone is 1. The molecule has 25 heavy (non-hydrogen) atoms. The molecule has 0 saturated heterocycles. The summed E-state index contributed by atoms with van der Waals surface area (Å²) < 4.78 is 21.1. The number of ether oxygens (including phenoxy) is 1. The molecule has 0 bridgehead atoms. The molecule has 128 valence electrons. The molecule has 0 amide bonds. The van der Waals surface area contributed by atoms with Gasteiger partial charge in [-0.2, -0.15) is 0 Å². The molecular weight excluding hydrogens is 339 g/mol. The van der Waals surface area contributed by atoms with E-state index in [-0.39, 0.29) is 12.4 Å². The topological polar surface area (TPSA) is 52.8 Å². The molecule has 0 N–H and O–H groups in total. The lowest BCUT2D eigenvalue weighted by molar-refractivity contribution is 0.275. The van der Waals surface area contributed by atoms with Crippen molar-refractivity contribution in [3.8, 4) is 5.75 Å². The third kappa shape index (κ3) is 4.45. The molecule has 0 spiro atoms. The van der Waals surface area contributed by atoms with Crippen LogP contribution in [-0.2, 0) is 18.9 Å². The third-order valence-corrected chi connectivity index (χ3v) is 4.37. The number of hydrogen-bond acceptors (Lipinski definition) is 5. The van der Waals surface area contributed by atoms with Crippen LogP contribution in [0.3, 0.4) is 0 Å². The fraction of sp³-hybridized carbons (Fsp3) is 0.167.